The predicted octanol–water partition coefficient (Wildman–Crippen LogP) is 3.30. The van der Waals surface area contributed by atoms with Crippen molar-refractivity contribution in [1.82, 2.24) is 19.6 Å². The number of hydrogen-bond acceptors (Lipinski definition) is 6. The van der Waals surface area contributed by atoms with Gasteiger partial charge in [0.1, 0.15) is 6.04 Å². The molecule has 4 fully saturated rings. The first-order chi connectivity index (χ1) is 18.4. The lowest BCUT2D eigenvalue weighted by Gasteiger charge is -2.48. The lowest BCUT2D eigenvalue weighted by atomic mass is 9.94. The van der Waals surface area contributed by atoms with Crippen LogP contribution in [0.2, 0.25) is 0 Å². The number of hydrogen-bond donors (Lipinski definition) is 0. The number of ether oxygens (including phenoxy) is 2. The van der Waals surface area contributed by atoms with Crippen LogP contribution in [0.15, 0.2) is 0 Å². The molecule has 0 N–H and O–H groups in total. The van der Waals surface area contributed by atoms with Gasteiger partial charge in [0, 0.05) is 77.4 Å². The molecular weight excluding hydrogens is 506 g/mol. The van der Waals surface area contributed by atoms with Gasteiger partial charge in [0.05, 0.1) is 19.3 Å². The summed E-state index contributed by atoms with van der Waals surface area (Å²) < 4.78 is 39.4. The molecule has 4 heterocycles. The van der Waals surface area contributed by atoms with Crippen molar-refractivity contribution in [2.45, 2.75) is 90.0 Å². The summed E-state index contributed by atoms with van der Waals surface area (Å²) in [6.45, 7) is 13.5. The number of piperazine rings is 1. The monoisotopic (exact) mass is 556 g/mol. The topological polar surface area (TPSA) is 65.6 Å². The molecule has 0 aliphatic carbocycles. The van der Waals surface area contributed by atoms with Crippen LogP contribution in [0.3, 0.4) is 0 Å². The van der Waals surface area contributed by atoms with Crippen LogP contribution in [-0.2, 0) is 19.1 Å². The minimum absolute atomic E-state index is 0.0373. The van der Waals surface area contributed by atoms with Gasteiger partial charge in [-0.05, 0) is 31.7 Å². The summed E-state index contributed by atoms with van der Waals surface area (Å²) in [5, 5.41) is 0. The summed E-state index contributed by atoms with van der Waals surface area (Å²) in [5.41, 5.74) is 0. The Hall–Kier alpha value is -1.36. The number of nitrogens with zero attached hydrogens (tertiary/aromatic N) is 4. The maximum Gasteiger partial charge on any atom is 0.250 e. The van der Waals surface area contributed by atoms with Gasteiger partial charge in [-0.3, -0.25) is 14.5 Å². The van der Waals surface area contributed by atoms with E-state index < -0.39 is 17.8 Å². The van der Waals surface area contributed by atoms with Crippen molar-refractivity contribution >= 4 is 11.8 Å². The Labute approximate surface area is 233 Å². The van der Waals surface area contributed by atoms with Crippen molar-refractivity contribution < 1.29 is 27.8 Å². The molecule has 0 aromatic rings. The second kappa shape index (κ2) is 12.7. The molecule has 4 rings (SSSR count). The fourth-order valence-corrected chi connectivity index (χ4v) is 6.49. The average molecular weight is 557 g/mol. The molecule has 2 amide bonds. The standard InChI is InChI=1S/C29H50F2N4O4/c1-21(2)16-24-27(37)35(15-14-32(24)5)25(17-22(3)4)26(36)34-12-8-29(9-13-34)38-19-23(20-39-29)18-33-10-6-28(30,31)7-11-33/h21-25H,6-20H2,1-5H3/t24-,25?/m0/s1. The molecule has 8 nitrogen and oxygen atoms in total. The normalized spacial score (nSPS) is 28.0. The van der Waals surface area contributed by atoms with Crippen molar-refractivity contribution in [3.05, 3.63) is 0 Å². The molecule has 10 heteroatoms. The van der Waals surface area contributed by atoms with Crippen molar-refractivity contribution in [2.75, 3.05) is 66.1 Å². The van der Waals surface area contributed by atoms with E-state index in [0.29, 0.717) is 83.6 Å². The number of rotatable bonds is 8. The fourth-order valence-electron chi connectivity index (χ4n) is 6.49. The van der Waals surface area contributed by atoms with Gasteiger partial charge in [-0.1, -0.05) is 27.7 Å². The smallest absolute Gasteiger partial charge is 0.250 e. The van der Waals surface area contributed by atoms with E-state index in [0.717, 1.165) is 13.0 Å². The third-order valence-electron chi connectivity index (χ3n) is 8.95. The molecule has 4 aliphatic rings. The Morgan fingerprint density at radius 2 is 1.54 bits per heavy atom. The number of piperidine rings is 2. The van der Waals surface area contributed by atoms with Gasteiger partial charge in [0.2, 0.25) is 11.8 Å². The predicted molar refractivity (Wildman–Crippen MR) is 145 cm³/mol. The third kappa shape index (κ3) is 7.68. The number of amides is 2. The molecular formula is C29H50F2N4O4. The summed E-state index contributed by atoms with van der Waals surface area (Å²) >= 11 is 0. The number of halogens is 2. The van der Waals surface area contributed by atoms with Crippen molar-refractivity contribution in [3.8, 4) is 0 Å². The Morgan fingerprint density at radius 3 is 2.10 bits per heavy atom. The molecule has 0 aromatic heterocycles. The van der Waals surface area contributed by atoms with E-state index in [9.17, 15) is 18.4 Å². The molecule has 4 saturated heterocycles. The lowest BCUT2D eigenvalue weighted by Crippen LogP contribution is -2.63. The largest absolute Gasteiger partial charge is 0.349 e. The minimum Gasteiger partial charge on any atom is -0.349 e. The molecule has 39 heavy (non-hydrogen) atoms. The second-order valence-corrected chi connectivity index (χ2v) is 13.2. The van der Waals surface area contributed by atoms with E-state index in [4.69, 9.17) is 9.47 Å². The third-order valence-corrected chi connectivity index (χ3v) is 8.95. The van der Waals surface area contributed by atoms with Crippen LogP contribution in [0, 0.1) is 17.8 Å². The molecule has 0 bridgehead atoms. The number of alkyl halides is 2. The van der Waals surface area contributed by atoms with E-state index in [2.05, 4.69) is 37.5 Å². The second-order valence-electron chi connectivity index (χ2n) is 13.2. The maximum absolute atomic E-state index is 13.9. The Bertz CT molecular complexity index is 829. The highest BCUT2D eigenvalue weighted by Gasteiger charge is 2.45. The van der Waals surface area contributed by atoms with E-state index in [1.54, 1.807) is 0 Å². The van der Waals surface area contributed by atoms with E-state index in [-0.39, 0.29) is 36.6 Å². The van der Waals surface area contributed by atoms with Crippen molar-refractivity contribution in [2.24, 2.45) is 17.8 Å². The van der Waals surface area contributed by atoms with Gasteiger partial charge < -0.3 is 24.2 Å². The highest BCUT2D eigenvalue weighted by Crippen LogP contribution is 2.34. The van der Waals surface area contributed by atoms with Crippen LogP contribution < -0.4 is 0 Å². The summed E-state index contributed by atoms with van der Waals surface area (Å²) in [5.74, 6) is -2.24. The van der Waals surface area contributed by atoms with Crippen LogP contribution >= 0.6 is 0 Å². The molecule has 0 aromatic carbocycles. The molecule has 0 radical (unpaired) electrons. The first kappa shape index (κ1) is 30.6. The summed E-state index contributed by atoms with van der Waals surface area (Å²) in [6, 6.07) is -0.617. The van der Waals surface area contributed by atoms with Gasteiger partial charge in [0.15, 0.2) is 5.79 Å². The highest BCUT2D eigenvalue weighted by molar-refractivity contribution is 5.90. The van der Waals surface area contributed by atoms with Gasteiger partial charge in [-0.2, -0.15) is 0 Å². The Kier molecular flexibility index (Phi) is 9.93. The zero-order valence-corrected chi connectivity index (χ0v) is 24.7. The molecule has 4 aliphatic heterocycles. The average Bonchev–Trinajstić information content (AvgIpc) is 2.88. The van der Waals surface area contributed by atoms with Gasteiger partial charge in [-0.15, -0.1) is 0 Å². The molecule has 0 saturated carbocycles. The number of carbonyl (C=O) groups is 2. The summed E-state index contributed by atoms with van der Waals surface area (Å²) in [4.78, 5) is 35.4. The van der Waals surface area contributed by atoms with Crippen LogP contribution in [0.25, 0.3) is 0 Å². The van der Waals surface area contributed by atoms with Crippen LogP contribution in [0.5, 0.6) is 0 Å². The lowest BCUT2D eigenvalue weighted by molar-refractivity contribution is -0.299. The zero-order valence-electron chi connectivity index (χ0n) is 24.7. The van der Waals surface area contributed by atoms with Gasteiger partial charge in [0.25, 0.3) is 5.92 Å². The van der Waals surface area contributed by atoms with Gasteiger partial charge in [-0.25, -0.2) is 8.78 Å². The minimum atomic E-state index is -2.53. The fraction of sp³-hybridized carbons (Fsp3) is 0.931. The number of likely N-dealkylation sites (tertiary alicyclic amines) is 2. The van der Waals surface area contributed by atoms with Crippen LogP contribution in [0.4, 0.5) is 8.78 Å². The summed E-state index contributed by atoms with van der Waals surface area (Å²) in [7, 11) is 2.01. The van der Waals surface area contributed by atoms with E-state index in [1.165, 1.54) is 0 Å². The first-order valence-electron chi connectivity index (χ1n) is 15.1. The SMILES string of the molecule is CC(C)CC(C(=O)N1CCC2(CC1)OCC(CN1CCC(F)(F)CC1)CO2)N1CCN(C)[C@@H](CC(C)C)C1=O. The first-order valence-corrected chi connectivity index (χ1v) is 15.1. The molecule has 2 atom stereocenters. The van der Waals surface area contributed by atoms with E-state index >= 15 is 0 Å². The Morgan fingerprint density at radius 1 is 0.923 bits per heavy atom. The van der Waals surface area contributed by atoms with Crippen LogP contribution in [0.1, 0.15) is 66.2 Å². The zero-order chi connectivity index (χ0) is 28.4. The van der Waals surface area contributed by atoms with Crippen molar-refractivity contribution in [1.29, 1.82) is 0 Å². The number of carbonyl (C=O) groups excluding carboxylic acids is 2. The number of likely N-dealkylation sites (N-methyl/N-ethyl adjacent to an activating group) is 1. The van der Waals surface area contributed by atoms with E-state index in [1.807, 2.05) is 16.8 Å². The Balaban J connectivity index is 1.30. The van der Waals surface area contributed by atoms with Crippen molar-refractivity contribution in [3.63, 3.8) is 0 Å². The quantitative estimate of drug-likeness (QED) is 0.457. The summed E-state index contributed by atoms with van der Waals surface area (Å²) in [6.07, 6.45) is 2.49. The maximum atomic E-state index is 13.9. The van der Waals surface area contributed by atoms with Gasteiger partial charge >= 0.3 is 0 Å². The molecule has 1 unspecified atom stereocenters. The highest BCUT2D eigenvalue weighted by atomic mass is 19.3. The van der Waals surface area contributed by atoms with Crippen LogP contribution in [-0.4, -0.2) is 121 Å². The molecule has 224 valence electrons. The molecule has 1 spiro atoms.